The molecule has 2 nitrogen and oxygen atoms in total. The van der Waals surface area contributed by atoms with Gasteiger partial charge in [-0.25, -0.2) is 0 Å². The van der Waals surface area contributed by atoms with Gasteiger partial charge in [-0.2, -0.15) is 0 Å². The SMILES string of the molecule is CCCCCC[C@@H](C)O[C@@H]1CCCCO1. The van der Waals surface area contributed by atoms with Gasteiger partial charge >= 0.3 is 0 Å². The molecule has 0 spiro atoms. The van der Waals surface area contributed by atoms with E-state index in [2.05, 4.69) is 13.8 Å². The number of hydrogen-bond acceptors (Lipinski definition) is 2. The molecule has 0 aromatic rings. The summed E-state index contributed by atoms with van der Waals surface area (Å²) >= 11 is 0. The maximum atomic E-state index is 5.85. The van der Waals surface area contributed by atoms with E-state index in [-0.39, 0.29) is 6.29 Å². The molecule has 1 heterocycles. The van der Waals surface area contributed by atoms with Crippen LogP contribution in [0.2, 0.25) is 0 Å². The van der Waals surface area contributed by atoms with Crippen molar-refractivity contribution in [2.75, 3.05) is 6.61 Å². The molecule has 1 aliphatic heterocycles. The van der Waals surface area contributed by atoms with Gasteiger partial charge in [0, 0.05) is 6.61 Å². The largest absolute Gasteiger partial charge is 0.353 e. The second kappa shape index (κ2) is 8.12. The van der Waals surface area contributed by atoms with Crippen LogP contribution in [0.4, 0.5) is 0 Å². The van der Waals surface area contributed by atoms with Crippen molar-refractivity contribution in [1.82, 2.24) is 0 Å². The summed E-state index contributed by atoms with van der Waals surface area (Å²) in [6.07, 6.45) is 10.5. The zero-order valence-corrected chi connectivity index (χ0v) is 10.3. The first-order valence-corrected chi connectivity index (χ1v) is 6.60. The minimum Gasteiger partial charge on any atom is -0.353 e. The molecule has 0 amide bonds. The topological polar surface area (TPSA) is 18.5 Å². The lowest BCUT2D eigenvalue weighted by Gasteiger charge is -2.26. The van der Waals surface area contributed by atoms with Gasteiger partial charge in [-0.15, -0.1) is 0 Å². The molecule has 0 radical (unpaired) electrons. The summed E-state index contributed by atoms with van der Waals surface area (Å²) in [5.41, 5.74) is 0. The van der Waals surface area contributed by atoms with Crippen molar-refractivity contribution < 1.29 is 9.47 Å². The second-order valence-corrected chi connectivity index (χ2v) is 4.59. The van der Waals surface area contributed by atoms with Gasteiger partial charge in [0.05, 0.1) is 6.10 Å². The van der Waals surface area contributed by atoms with Crippen molar-refractivity contribution in [3.63, 3.8) is 0 Å². The van der Waals surface area contributed by atoms with Gasteiger partial charge in [-0.3, -0.25) is 0 Å². The summed E-state index contributed by atoms with van der Waals surface area (Å²) in [5, 5.41) is 0. The van der Waals surface area contributed by atoms with Gasteiger partial charge in [0.1, 0.15) is 0 Å². The van der Waals surface area contributed by atoms with Crippen molar-refractivity contribution >= 4 is 0 Å². The fourth-order valence-corrected chi connectivity index (χ4v) is 2.00. The van der Waals surface area contributed by atoms with Crippen molar-refractivity contribution in [3.05, 3.63) is 0 Å². The monoisotopic (exact) mass is 214 g/mol. The lowest BCUT2D eigenvalue weighted by atomic mass is 10.1. The Morgan fingerprint density at radius 2 is 2.13 bits per heavy atom. The Balaban J connectivity index is 1.98. The number of unbranched alkanes of at least 4 members (excludes halogenated alkanes) is 3. The highest BCUT2D eigenvalue weighted by atomic mass is 16.7. The van der Waals surface area contributed by atoms with Gasteiger partial charge in [-0.05, 0) is 32.6 Å². The van der Waals surface area contributed by atoms with Crippen LogP contribution in [-0.4, -0.2) is 19.0 Å². The maximum Gasteiger partial charge on any atom is 0.157 e. The Morgan fingerprint density at radius 1 is 1.27 bits per heavy atom. The molecule has 0 aliphatic carbocycles. The van der Waals surface area contributed by atoms with Crippen LogP contribution in [0.15, 0.2) is 0 Å². The van der Waals surface area contributed by atoms with E-state index in [4.69, 9.17) is 9.47 Å². The van der Waals surface area contributed by atoms with Crippen LogP contribution in [0.25, 0.3) is 0 Å². The Hall–Kier alpha value is -0.0800. The lowest BCUT2D eigenvalue weighted by Crippen LogP contribution is -2.26. The predicted octanol–water partition coefficient (Wildman–Crippen LogP) is 3.89. The zero-order valence-electron chi connectivity index (χ0n) is 10.3. The Labute approximate surface area is 94.3 Å². The number of hydrogen-bond donors (Lipinski definition) is 0. The first-order chi connectivity index (χ1) is 7.33. The van der Waals surface area contributed by atoms with E-state index in [1.165, 1.54) is 44.9 Å². The van der Waals surface area contributed by atoms with E-state index in [9.17, 15) is 0 Å². The van der Waals surface area contributed by atoms with Gasteiger partial charge in [0.2, 0.25) is 0 Å². The molecule has 0 saturated carbocycles. The lowest BCUT2D eigenvalue weighted by molar-refractivity contribution is -0.185. The Bertz CT molecular complexity index is 141. The van der Waals surface area contributed by atoms with Crippen LogP contribution in [0.1, 0.15) is 65.2 Å². The highest BCUT2D eigenvalue weighted by Gasteiger charge is 2.16. The Morgan fingerprint density at radius 3 is 2.80 bits per heavy atom. The van der Waals surface area contributed by atoms with Crippen LogP contribution in [0, 0.1) is 0 Å². The van der Waals surface area contributed by atoms with Crippen molar-refractivity contribution in [1.29, 1.82) is 0 Å². The van der Waals surface area contributed by atoms with Crippen molar-refractivity contribution in [3.8, 4) is 0 Å². The Kier molecular flexibility index (Phi) is 7.03. The molecule has 0 bridgehead atoms. The summed E-state index contributed by atoms with van der Waals surface area (Å²) in [6, 6.07) is 0. The van der Waals surface area contributed by atoms with Crippen LogP contribution >= 0.6 is 0 Å². The third-order valence-corrected chi connectivity index (χ3v) is 2.99. The predicted molar refractivity (Wildman–Crippen MR) is 62.9 cm³/mol. The molecular formula is C13H26O2. The highest BCUT2D eigenvalue weighted by molar-refractivity contribution is 4.58. The number of ether oxygens (including phenoxy) is 2. The molecule has 0 aromatic heterocycles. The quantitative estimate of drug-likeness (QED) is 0.599. The smallest absolute Gasteiger partial charge is 0.157 e. The maximum absolute atomic E-state index is 5.85. The molecule has 2 atom stereocenters. The summed E-state index contributed by atoms with van der Waals surface area (Å²) in [5.74, 6) is 0. The molecule has 90 valence electrons. The van der Waals surface area contributed by atoms with E-state index in [1.807, 2.05) is 0 Å². The molecule has 2 heteroatoms. The van der Waals surface area contributed by atoms with E-state index >= 15 is 0 Å². The fourth-order valence-electron chi connectivity index (χ4n) is 2.00. The number of rotatable bonds is 7. The third kappa shape index (κ3) is 6.16. The normalized spacial score (nSPS) is 24.0. The zero-order chi connectivity index (χ0) is 10.9. The highest BCUT2D eigenvalue weighted by Crippen LogP contribution is 2.17. The van der Waals surface area contributed by atoms with Crippen molar-refractivity contribution in [2.45, 2.75) is 77.6 Å². The van der Waals surface area contributed by atoms with Gasteiger partial charge in [-0.1, -0.05) is 32.6 Å². The van der Waals surface area contributed by atoms with Gasteiger partial charge in [0.15, 0.2) is 6.29 Å². The molecule has 1 rings (SSSR count). The van der Waals surface area contributed by atoms with Crippen LogP contribution < -0.4 is 0 Å². The molecule has 1 fully saturated rings. The molecule has 1 saturated heterocycles. The van der Waals surface area contributed by atoms with Gasteiger partial charge < -0.3 is 9.47 Å². The average Bonchev–Trinajstić information content (AvgIpc) is 2.26. The summed E-state index contributed by atoms with van der Waals surface area (Å²) in [4.78, 5) is 0. The minimum absolute atomic E-state index is 0.0833. The molecular weight excluding hydrogens is 188 g/mol. The van der Waals surface area contributed by atoms with E-state index in [0.717, 1.165) is 13.0 Å². The first-order valence-electron chi connectivity index (χ1n) is 6.60. The molecule has 1 aliphatic rings. The van der Waals surface area contributed by atoms with E-state index < -0.39 is 0 Å². The van der Waals surface area contributed by atoms with Crippen molar-refractivity contribution in [2.24, 2.45) is 0 Å². The minimum atomic E-state index is 0.0833. The van der Waals surface area contributed by atoms with Gasteiger partial charge in [0.25, 0.3) is 0 Å². The second-order valence-electron chi connectivity index (χ2n) is 4.59. The standard InChI is InChI=1S/C13H26O2/c1-3-4-5-6-9-12(2)15-13-10-7-8-11-14-13/h12-13H,3-11H2,1-2H3/t12-,13-/m1/s1. The molecule has 0 aromatic carbocycles. The molecule has 15 heavy (non-hydrogen) atoms. The summed E-state index contributed by atoms with van der Waals surface area (Å²) < 4.78 is 11.4. The summed E-state index contributed by atoms with van der Waals surface area (Å²) in [7, 11) is 0. The molecule has 0 N–H and O–H groups in total. The van der Waals surface area contributed by atoms with E-state index in [1.54, 1.807) is 0 Å². The summed E-state index contributed by atoms with van der Waals surface area (Å²) in [6.45, 7) is 5.30. The fraction of sp³-hybridized carbons (Fsp3) is 1.00. The van der Waals surface area contributed by atoms with Crippen LogP contribution in [-0.2, 0) is 9.47 Å². The molecule has 0 unspecified atom stereocenters. The first kappa shape index (κ1) is 13.0. The third-order valence-electron chi connectivity index (χ3n) is 2.99. The average molecular weight is 214 g/mol. The van der Waals surface area contributed by atoms with E-state index in [0.29, 0.717) is 6.10 Å². The van der Waals surface area contributed by atoms with Crippen LogP contribution in [0.5, 0.6) is 0 Å². The van der Waals surface area contributed by atoms with Crippen LogP contribution in [0.3, 0.4) is 0 Å².